The molecule has 24 heavy (non-hydrogen) atoms. The Kier molecular flexibility index (Phi) is 21.9. The molecule has 0 saturated heterocycles. The Labute approximate surface area is 142 Å². The van der Waals surface area contributed by atoms with Crippen LogP contribution in [0.2, 0.25) is 0 Å². The van der Waals surface area contributed by atoms with Gasteiger partial charge in [0.1, 0.15) is 19.8 Å². The summed E-state index contributed by atoms with van der Waals surface area (Å²) in [6.07, 6.45) is 2.70. The number of unbranched alkanes of at least 4 members (excludes halogenated alkanes) is 1. The zero-order valence-corrected chi connectivity index (χ0v) is 14.7. The van der Waals surface area contributed by atoms with E-state index in [-0.39, 0.29) is 18.7 Å². The molecule has 0 rings (SSSR count). The minimum absolute atomic E-state index is 0.0562. The third-order valence-electron chi connectivity index (χ3n) is 2.08. The van der Waals surface area contributed by atoms with Gasteiger partial charge in [0.2, 0.25) is 0 Å². The third kappa shape index (κ3) is 32.3. The molecule has 0 amide bonds. The molecular weight excluding hydrogens is 324 g/mol. The summed E-state index contributed by atoms with van der Waals surface area (Å²) in [6.45, 7) is 5.52. The van der Waals surface area contributed by atoms with E-state index in [9.17, 15) is 9.59 Å². The molecule has 0 radical (unpaired) electrons. The molecule has 0 aromatic heterocycles. The summed E-state index contributed by atoms with van der Waals surface area (Å²) in [7, 11) is 0. The number of aliphatic hydroxyl groups excluding tert-OH is 3. The maximum absolute atomic E-state index is 10.4. The quantitative estimate of drug-likeness (QED) is 0.445. The lowest BCUT2D eigenvalue weighted by molar-refractivity contribution is -0.149. The van der Waals surface area contributed by atoms with Crippen molar-refractivity contribution in [2.24, 2.45) is 0 Å². The molecule has 0 heterocycles. The molecule has 0 bridgehead atoms. The van der Waals surface area contributed by atoms with Gasteiger partial charge in [-0.25, -0.2) is 9.59 Å². The second-order valence-corrected chi connectivity index (χ2v) is 4.80. The first-order valence-electron chi connectivity index (χ1n) is 7.54. The highest BCUT2D eigenvalue weighted by Crippen LogP contribution is 2.03. The molecule has 0 aromatic carbocycles. The van der Waals surface area contributed by atoms with Crippen molar-refractivity contribution in [1.82, 2.24) is 0 Å². The van der Waals surface area contributed by atoms with Gasteiger partial charge in [-0.2, -0.15) is 0 Å². The number of carbonyl (C=O) groups is 3. The Bertz CT molecular complexity index is 329. The number of carboxylic acids is 1. The highest BCUT2D eigenvalue weighted by molar-refractivity contribution is 5.70. The Balaban J connectivity index is -0.000000291. The van der Waals surface area contributed by atoms with Gasteiger partial charge >= 0.3 is 17.9 Å². The van der Waals surface area contributed by atoms with E-state index in [1.165, 1.54) is 13.8 Å². The smallest absolute Gasteiger partial charge is 0.331 e. The van der Waals surface area contributed by atoms with E-state index >= 15 is 0 Å². The van der Waals surface area contributed by atoms with E-state index in [1.54, 1.807) is 0 Å². The topological polar surface area (TPSA) is 151 Å². The van der Waals surface area contributed by atoms with Crippen LogP contribution in [0.25, 0.3) is 0 Å². The van der Waals surface area contributed by atoms with Crippen molar-refractivity contribution in [3.05, 3.63) is 0 Å². The molecule has 0 aliphatic rings. The maximum atomic E-state index is 10.4. The van der Waals surface area contributed by atoms with E-state index in [0.29, 0.717) is 0 Å². The van der Waals surface area contributed by atoms with Crippen LogP contribution in [-0.4, -0.2) is 70.4 Å². The lowest BCUT2D eigenvalue weighted by atomic mass is 10.2. The Morgan fingerprint density at radius 2 is 1.58 bits per heavy atom. The number of ether oxygens (including phenoxy) is 2. The zero-order valence-electron chi connectivity index (χ0n) is 14.7. The van der Waals surface area contributed by atoms with Crippen molar-refractivity contribution in [3.63, 3.8) is 0 Å². The van der Waals surface area contributed by atoms with Crippen LogP contribution in [0.15, 0.2) is 0 Å². The summed E-state index contributed by atoms with van der Waals surface area (Å²) >= 11 is 0. The van der Waals surface area contributed by atoms with Crippen molar-refractivity contribution in [2.45, 2.75) is 59.2 Å². The van der Waals surface area contributed by atoms with Gasteiger partial charge < -0.3 is 29.9 Å². The van der Waals surface area contributed by atoms with E-state index in [1.807, 2.05) is 6.92 Å². The van der Waals surface area contributed by atoms with Crippen molar-refractivity contribution in [2.75, 3.05) is 19.8 Å². The van der Waals surface area contributed by atoms with Crippen LogP contribution in [-0.2, 0) is 23.9 Å². The molecule has 2 atom stereocenters. The lowest BCUT2D eigenvalue weighted by Gasteiger charge is -2.09. The molecular formula is C15H30O9. The number of aliphatic hydroxyl groups is 3. The number of aliphatic carboxylic acids is 1. The first-order valence-corrected chi connectivity index (χ1v) is 7.54. The number of carbonyl (C=O) groups excluding carboxylic acids is 2. The minimum Gasteiger partial charge on any atom is -0.480 e. The fourth-order valence-electron chi connectivity index (χ4n) is 1.09. The molecule has 0 aliphatic heterocycles. The second-order valence-electron chi connectivity index (χ2n) is 4.80. The standard InChI is InChI=1S/C8H16O2.C5H10O4.C2H4O3/c1-4-5-6-7(2)10-8(3)9;1-4(7)3-9-5(8)2-6;3-1-2(4)5/h7H,4-6H2,1-3H3;4,6-7H,2-3H2,1H3;3H,1H2,(H,4,5). The SMILES string of the molecule is CC(O)COC(=O)CO.CCCCC(C)OC(C)=O.O=C(O)CO. The highest BCUT2D eigenvalue weighted by Gasteiger charge is 2.02. The van der Waals surface area contributed by atoms with Crippen LogP contribution in [0.1, 0.15) is 47.0 Å². The first kappa shape index (κ1) is 27.2. The van der Waals surface area contributed by atoms with Crippen LogP contribution < -0.4 is 0 Å². The number of hydrogen-bond acceptors (Lipinski definition) is 8. The van der Waals surface area contributed by atoms with Crippen molar-refractivity contribution in [3.8, 4) is 0 Å². The summed E-state index contributed by atoms with van der Waals surface area (Å²) in [6, 6.07) is 0. The molecule has 144 valence electrons. The fraction of sp³-hybridized carbons (Fsp3) is 0.800. The van der Waals surface area contributed by atoms with Crippen molar-refractivity contribution >= 4 is 17.9 Å². The van der Waals surface area contributed by atoms with E-state index < -0.39 is 31.3 Å². The molecule has 4 N–H and O–H groups in total. The van der Waals surface area contributed by atoms with Gasteiger partial charge in [0.25, 0.3) is 0 Å². The van der Waals surface area contributed by atoms with Gasteiger partial charge in [-0.05, 0) is 20.3 Å². The van der Waals surface area contributed by atoms with Crippen LogP contribution >= 0.6 is 0 Å². The van der Waals surface area contributed by atoms with E-state index in [4.69, 9.17) is 30.0 Å². The number of carboxylic acid groups (broad SMARTS) is 1. The number of hydrogen-bond donors (Lipinski definition) is 4. The fourth-order valence-corrected chi connectivity index (χ4v) is 1.09. The highest BCUT2D eigenvalue weighted by atomic mass is 16.6. The molecule has 0 aliphatic carbocycles. The lowest BCUT2D eigenvalue weighted by Crippen LogP contribution is -2.17. The monoisotopic (exact) mass is 354 g/mol. The van der Waals surface area contributed by atoms with Crippen LogP contribution in [0.5, 0.6) is 0 Å². The van der Waals surface area contributed by atoms with Gasteiger partial charge in [-0.3, -0.25) is 4.79 Å². The minimum atomic E-state index is -1.19. The van der Waals surface area contributed by atoms with E-state index in [0.717, 1.165) is 19.3 Å². The Hall–Kier alpha value is -1.71. The van der Waals surface area contributed by atoms with Gasteiger partial charge in [0, 0.05) is 6.92 Å². The molecule has 9 heteroatoms. The number of rotatable bonds is 8. The third-order valence-corrected chi connectivity index (χ3v) is 2.08. The molecule has 2 unspecified atom stereocenters. The largest absolute Gasteiger partial charge is 0.480 e. The predicted octanol–water partition coefficient (Wildman–Crippen LogP) is 0.0942. The average Bonchev–Trinajstić information content (AvgIpc) is 2.50. The Morgan fingerprint density at radius 3 is 1.88 bits per heavy atom. The summed E-state index contributed by atoms with van der Waals surface area (Å²) in [5, 5.41) is 31.6. The summed E-state index contributed by atoms with van der Waals surface area (Å²) in [4.78, 5) is 29.6. The predicted molar refractivity (Wildman–Crippen MR) is 85.2 cm³/mol. The van der Waals surface area contributed by atoms with Gasteiger partial charge in [0.05, 0.1) is 12.2 Å². The summed E-state index contributed by atoms with van der Waals surface area (Å²) in [5.41, 5.74) is 0. The van der Waals surface area contributed by atoms with Gasteiger partial charge in [-0.1, -0.05) is 19.8 Å². The van der Waals surface area contributed by atoms with Crippen molar-refractivity contribution < 1.29 is 44.3 Å². The van der Waals surface area contributed by atoms with Gasteiger partial charge in [-0.15, -0.1) is 0 Å². The Morgan fingerprint density at radius 1 is 1.08 bits per heavy atom. The van der Waals surface area contributed by atoms with Crippen molar-refractivity contribution in [1.29, 1.82) is 0 Å². The molecule has 0 saturated carbocycles. The molecule has 0 aromatic rings. The van der Waals surface area contributed by atoms with Gasteiger partial charge in [0.15, 0.2) is 0 Å². The molecule has 0 spiro atoms. The van der Waals surface area contributed by atoms with E-state index in [2.05, 4.69) is 11.7 Å². The maximum Gasteiger partial charge on any atom is 0.331 e. The second kappa shape index (κ2) is 19.3. The van der Waals surface area contributed by atoms with Crippen LogP contribution in [0.4, 0.5) is 0 Å². The summed E-state index contributed by atoms with van der Waals surface area (Å²) in [5.74, 6) is -2.08. The number of esters is 2. The molecule has 0 fully saturated rings. The first-order chi connectivity index (χ1) is 11.1. The van der Waals surface area contributed by atoms with Crippen LogP contribution in [0.3, 0.4) is 0 Å². The van der Waals surface area contributed by atoms with Crippen LogP contribution in [0, 0.1) is 0 Å². The molecule has 9 nitrogen and oxygen atoms in total. The zero-order chi connectivity index (χ0) is 19.5. The average molecular weight is 354 g/mol. The normalized spacial score (nSPS) is 11.6. The summed E-state index contributed by atoms with van der Waals surface area (Å²) < 4.78 is 9.23.